The van der Waals surface area contributed by atoms with Crippen LogP contribution in [0.2, 0.25) is 0 Å². The van der Waals surface area contributed by atoms with E-state index in [0.717, 1.165) is 27.6 Å². The van der Waals surface area contributed by atoms with Crippen LogP contribution in [0.3, 0.4) is 0 Å². The number of rotatable bonds is 6. The standard InChI is InChI=1S/C20H20N2O4S3/c1-26-17-6-3-2-5-16(17)22(29(24,25)20-7-4-11-28-20)14-19(23)21-10-8-18-15(13-21)9-12-27-18/h2-7,9,11-12H,8,10,13-14H2,1H3. The number of methoxy groups -OCH3 is 1. The molecule has 29 heavy (non-hydrogen) atoms. The molecule has 3 heterocycles. The average molecular weight is 449 g/mol. The second-order valence-corrected chi connectivity index (χ2v) is 10.6. The van der Waals surface area contributed by atoms with Gasteiger partial charge in [-0.15, -0.1) is 22.7 Å². The summed E-state index contributed by atoms with van der Waals surface area (Å²) in [6.07, 6.45) is 0.797. The van der Waals surface area contributed by atoms with Crippen molar-refractivity contribution in [3.8, 4) is 5.75 Å². The Kier molecular flexibility index (Phi) is 5.62. The van der Waals surface area contributed by atoms with E-state index in [1.165, 1.54) is 12.0 Å². The molecule has 0 saturated carbocycles. The SMILES string of the molecule is COc1ccccc1N(CC(=O)N1CCc2sccc2C1)S(=O)(=O)c1cccs1. The van der Waals surface area contributed by atoms with Crippen LogP contribution in [0.15, 0.2) is 57.4 Å². The van der Waals surface area contributed by atoms with Crippen molar-refractivity contribution in [3.05, 3.63) is 63.7 Å². The van der Waals surface area contributed by atoms with Gasteiger partial charge in [-0.05, 0) is 47.0 Å². The van der Waals surface area contributed by atoms with Crippen molar-refractivity contribution in [1.29, 1.82) is 0 Å². The molecule has 1 amide bonds. The molecule has 9 heteroatoms. The predicted molar refractivity (Wildman–Crippen MR) is 115 cm³/mol. The van der Waals surface area contributed by atoms with Gasteiger partial charge in [0.25, 0.3) is 10.0 Å². The largest absolute Gasteiger partial charge is 0.495 e. The van der Waals surface area contributed by atoms with Crippen LogP contribution in [0.25, 0.3) is 0 Å². The quantitative estimate of drug-likeness (QED) is 0.578. The van der Waals surface area contributed by atoms with E-state index in [-0.39, 0.29) is 16.7 Å². The van der Waals surface area contributed by atoms with Gasteiger partial charge in [-0.3, -0.25) is 9.10 Å². The summed E-state index contributed by atoms with van der Waals surface area (Å²) in [5.41, 5.74) is 1.49. The summed E-state index contributed by atoms with van der Waals surface area (Å²) < 4.78 is 33.4. The molecule has 1 aliphatic heterocycles. The number of anilines is 1. The van der Waals surface area contributed by atoms with Crippen molar-refractivity contribution in [2.24, 2.45) is 0 Å². The maximum atomic E-state index is 13.3. The lowest BCUT2D eigenvalue weighted by atomic mass is 10.1. The second-order valence-electron chi connectivity index (χ2n) is 6.55. The highest BCUT2D eigenvalue weighted by atomic mass is 32.2. The molecule has 1 aliphatic rings. The molecule has 2 aromatic heterocycles. The van der Waals surface area contributed by atoms with Crippen LogP contribution in [-0.4, -0.2) is 39.4 Å². The molecule has 0 unspecified atom stereocenters. The molecule has 0 atom stereocenters. The Morgan fingerprint density at radius 2 is 1.97 bits per heavy atom. The Bertz CT molecular complexity index is 1110. The lowest BCUT2D eigenvalue weighted by Gasteiger charge is -2.31. The lowest BCUT2D eigenvalue weighted by Crippen LogP contribution is -2.44. The fourth-order valence-electron chi connectivity index (χ4n) is 3.34. The van der Waals surface area contributed by atoms with Gasteiger partial charge in [0.2, 0.25) is 5.91 Å². The minimum atomic E-state index is -3.90. The van der Waals surface area contributed by atoms with E-state index in [4.69, 9.17) is 4.74 Å². The van der Waals surface area contributed by atoms with Crippen LogP contribution in [0.5, 0.6) is 5.75 Å². The van der Waals surface area contributed by atoms with Crippen LogP contribution in [-0.2, 0) is 27.8 Å². The van der Waals surface area contributed by atoms with Gasteiger partial charge in [0.05, 0.1) is 12.8 Å². The van der Waals surface area contributed by atoms with E-state index in [1.807, 2.05) is 11.4 Å². The molecule has 0 spiro atoms. The van der Waals surface area contributed by atoms with Crippen molar-refractivity contribution < 1.29 is 17.9 Å². The van der Waals surface area contributed by atoms with E-state index in [0.29, 0.717) is 24.5 Å². The number of nitrogens with zero attached hydrogens (tertiary/aromatic N) is 2. The number of ether oxygens (including phenoxy) is 1. The number of hydrogen-bond donors (Lipinski definition) is 0. The van der Waals surface area contributed by atoms with Crippen LogP contribution in [0.1, 0.15) is 10.4 Å². The van der Waals surface area contributed by atoms with Crippen LogP contribution in [0, 0.1) is 0 Å². The van der Waals surface area contributed by atoms with E-state index in [9.17, 15) is 13.2 Å². The van der Waals surface area contributed by atoms with Gasteiger partial charge < -0.3 is 9.64 Å². The Morgan fingerprint density at radius 1 is 1.14 bits per heavy atom. The fraction of sp³-hybridized carbons (Fsp3) is 0.250. The molecule has 0 saturated heterocycles. The number of sulfonamides is 1. The molecule has 0 bridgehead atoms. The van der Waals surface area contributed by atoms with Crippen molar-refractivity contribution >= 4 is 44.3 Å². The molecule has 1 aromatic carbocycles. The minimum Gasteiger partial charge on any atom is -0.495 e. The van der Waals surface area contributed by atoms with Gasteiger partial charge in [0.1, 0.15) is 16.5 Å². The summed E-state index contributed by atoms with van der Waals surface area (Å²) in [5.74, 6) is 0.173. The number of amides is 1. The van der Waals surface area contributed by atoms with E-state index in [2.05, 4.69) is 0 Å². The van der Waals surface area contributed by atoms with Gasteiger partial charge in [-0.2, -0.15) is 0 Å². The van der Waals surface area contributed by atoms with Crippen molar-refractivity contribution in [2.45, 2.75) is 17.2 Å². The average Bonchev–Trinajstić information content (AvgIpc) is 3.43. The number of carbonyl (C=O) groups excluding carboxylic acids is 1. The number of benzene rings is 1. The lowest BCUT2D eigenvalue weighted by molar-refractivity contribution is -0.130. The number of carbonyl (C=O) groups is 1. The predicted octanol–water partition coefficient (Wildman–Crippen LogP) is 3.60. The third-order valence-corrected chi connectivity index (χ3v) is 8.99. The molecule has 152 valence electrons. The maximum absolute atomic E-state index is 13.3. The molecule has 6 nitrogen and oxygen atoms in total. The maximum Gasteiger partial charge on any atom is 0.274 e. The summed E-state index contributed by atoms with van der Waals surface area (Å²) in [5, 5.41) is 3.73. The van der Waals surface area contributed by atoms with Crippen molar-refractivity contribution in [3.63, 3.8) is 0 Å². The Balaban J connectivity index is 1.67. The van der Waals surface area contributed by atoms with Gasteiger partial charge in [0, 0.05) is 18.0 Å². The molecule has 0 aliphatic carbocycles. The first kappa shape index (κ1) is 19.9. The Labute approximate surface area is 178 Å². The Hall–Kier alpha value is -2.36. The fourth-order valence-corrected chi connectivity index (χ4v) is 6.76. The first-order valence-electron chi connectivity index (χ1n) is 9.03. The van der Waals surface area contributed by atoms with Crippen LogP contribution >= 0.6 is 22.7 Å². The topological polar surface area (TPSA) is 66.9 Å². The molecular formula is C20H20N2O4S3. The van der Waals surface area contributed by atoms with Gasteiger partial charge in [0.15, 0.2) is 0 Å². The Morgan fingerprint density at radius 3 is 2.72 bits per heavy atom. The third-order valence-electron chi connectivity index (χ3n) is 4.83. The van der Waals surface area contributed by atoms with E-state index >= 15 is 0 Å². The summed E-state index contributed by atoms with van der Waals surface area (Å²) in [6, 6.07) is 12.1. The van der Waals surface area contributed by atoms with Crippen LogP contribution in [0.4, 0.5) is 5.69 Å². The smallest absolute Gasteiger partial charge is 0.274 e. The first-order chi connectivity index (χ1) is 14.0. The van der Waals surface area contributed by atoms with Crippen molar-refractivity contribution in [1.82, 2.24) is 4.90 Å². The molecule has 0 fully saturated rings. The van der Waals surface area contributed by atoms with Gasteiger partial charge in [-0.25, -0.2) is 8.42 Å². The zero-order valence-corrected chi connectivity index (χ0v) is 18.2. The summed E-state index contributed by atoms with van der Waals surface area (Å²) in [7, 11) is -2.41. The second kappa shape index (κ2) is 8.17. The number of hydrogen-bond acceptors (Lipinski definition) is 6. The summed E-state index contributed by atoms with van der Waals surface area (Å²) in [6.45, 7) is 0.821. The molecule has 4 rings (SSSR count). The normalized spacial score (nSPS) is 13.8. The molecule has 0 N–H and O–H groups in total. The van der Waals surface area contributed by atoms with Gasteiger partial charge >= 0.3 is 0 Å². The van der Waals surface area contributed by atoms with Crippen molar-refractivity contribution in [2.75, 3.05) is 24.5 Å². The highest BCUT2D eigenvalue weighted by molar-refractivity contribution is 7.94. The first-order valence-corrected chi connectivity index (χ1v) is 12.2. The minimum absolute atomic E-state index is 0.190. The number of para-hydroxylation sites is 2. The zero-order valence-electron chi connectivity index (χ0n) is 15.8. The summed E-state index contributed by atoms with van der Waals surface area (Å²) >= 11 is 2.82. The number of thiophene rings is 2. The monoisotopic (exact) mass is 448 g/mol. The third kappa shape index (κ3) is 3.90. The zero-order chi connectivity index (χ0) is 20.4. The molecule has 3 aromatic rings. The van der Waals surface area contributed by atoms with Gasteiger partial charge in [-0.1, -0.05) is 18.2 Å². The van der Waals surface area contributed by atoms with E-state index < -0.39 is 10.0 Å². The molecular weight excluding hydrogens is 428 g/mol. The van der Waals surface area contributed by atoms with Crippen LogP contribution < -0.4 is 9.04 Å². The summed E-state index contributed by atoms with van der Waals surface area (Å²) in [4.78, 5) is 16.1. The highest BCUT2D eigenvalue weighted by Gasteiger charge is 2.32. The highest BCUT2D eigenvalue weighted by Crippen LogP contribution is 2.34. The van der Waals surface area contributed by atoms with E-state index in [1.54, 1.807) is 58.0 Å². The molecule has 0 radical (unpaired) electrons. The number of fused-ring (bicyclic) bond motifs is 1.